The summed E-state index contributed by atoms with van der Waals surface area (Å²) in [6.07, 6.45) is 3.68. The van der Waals surface area contributed by atoms with Crippen molar-refractivity contribution in [2.45, 2.75) is 19.9 Å². The lowest BCUT2D eigenvalue weighted by molar-refractivity contribution is 0.0410. The highest BCUT2D eigenvalue weighted by Gasteiger charge is 2.11. The molecule has 0 aromatic heterocycles. The van der Waals surface area contributed by atoms with Crippen molar-refractivity contribution in [2.75, 3.05) is 6.73 Å². The van der Waals surface area contributed by atoms with Gasteiger partial charge in [0, 0.05) is 18.4 Å². The Bertz CT molecular complexity index is 135. The van der Waals surface area contributed by atoms with Gasteiger partial charge in [-0.3, -0.25) is 10.0 Å². The summed E-state index contributed by atoms with van der Waals surface area (Å²) in [6.45, 7) is 4.14. The summed E-state index contributed by atoms with van der Waals surface area (Å²) in [6, 6.07) is 0.410. The van der Waals surface area contributed by atoms with Crippen LogP contribution in [-0.2, 0) is 0 Å². The zero-order chi connectivity index (χ0) is 7.56. The van der Waals surface area contributed by atoms with Gasteiger partial charge in [0.25, 0.3) is 0 Å². The summed E-state index contributed by atoms with van der Waals surface area (Å²) in [7, 11) is 0. The minimum Gasteiger partial charge on any atom is -0.375 e. The van der Waals surface area contributed by atoms with Crippen LogP contribution in [0.5, 0.6) is 0 Å². The Kier molecular flexibility index (Phi) is 2.13. The number of aliphatic hydroxyl groups is 1. The van der Waals surface area contributed by atoms with E-state index in [1.165, 1.54) is 0 Å². The number of hydrazine groups is 2. The predicted octanol–water partition coefficient (Wildman–Crippen LogP) is -0.147. The van der Waals surface area contributed by atoms with Crippen LogP contribution in [0.4, 0.5) is 0 Å². The van der Waals surface area contributed by atoms with Gasteiger partial charge in [-0.15, -0.1) is 5.53 Å². The highest BCUT2D eigenvalue weighted by atomic mass is 16.3. The topological polar surface area (TPSA) is 38.7 Å². The second kappa shape index (κ2) is 2.90. The number of nitrogens with zero attached hydrogens (tertiary/aromatic N) is 2. The monoisotopic (exact) mass is 143 g/mol. The largest absolute Gasteiger partial charge is 0.375 e. The van der Waals surface area contributed by atoms with Crippen molar-refractivity contribution in [1.29, 1.82) is 0 Å². The van der Waals surface area contributed by atoms with E-state index in [9.17, 15) is 0 Å². The predicted molar refractivity (Wildman–Crippen MR) is 38.2 cm³/mol. The molecule has 1 aliphatic rings. The van der Waals surface area contributed by atoms with E-state index >= 15 is 0 Å². The van der Waals surface area contributed by atoms with Gasteiger partial charge < -0.3 is 5.11 Å². The number of hydrogen-bond donors (Lipinski definition) is 2. The number of rotatable bonds is 2. The lowest BCUT2D eigenvalue weighted by atomic mass is 10.4. The lowest BCUT2D eigenvalue weighted by Crippen LogP contribution is -2.42. The maximum Gasteiger partial charge on any atom is 0.131 e. The SMILES string of the molecule is CC(C)N1C=CN(CO)N1. The first kappa shape index (κ1) is 7.37. The number of hydrogen-bond acceptors (Lipinski definition) is 4. The first-order chi connectivity index (χ1) is 4.74. The molecule has 0 fully saturated rings. The van der Waals surface area contributed by atoms with E-state index in [-0.39, 0.29) is 6.73 Å². The third-order valence-electron chi connectivity index (χ3n) is 1.36. The van der Waals surface area contributed by atoms with Gasteiger partial charge in [0.2, 0.25) is 0 Å². The minimum atomic E-state index is -0.000278. The van der Waals surface area contributed by atoms with Crippen LogP contribution in [0.25, 0.3) is 0 Å². The molecule has 0 saturated heterocycles. The van der Waals surface area contributed by atoms with Gasteiger partial charge >= 0.3 is 0 Å². The minimum absolute atomic E-state index is 0.000278. The van der Waals surface area contributed by atoms with Crippen molar-refractivity contribution in [3.8, 4) is 0 Å². The van der Waals surface area contributed by atoms with Gasteiger partial charge in [-0.2, -0.15) is 0 Å². The Morgan fingerprint density at radius 2 is 2.20 bits per heavy atom. The quantitative estimate of drug-likeness (QED) is 0.564. The highest BCUT2D eigenvalue weighted by molar-refractivity contribution is 4.85. The molecule has 0 bridgehead atoms. The van der Waals surface area contributed by atoms with E-state index in [1.807, 2.05) is 11.2 Å². The Morgan fingerprint density at radius 1 is 1.50 bits per heavy atom. The Balaban J connectivity index is 2.37. The van der Waals surface area contributed by atoms with E-state index in [4.69, 9.17) is 5.11 Å². The highest BCUT2D eigenvalue weighted by Crippen LogP contribution is 2.02. The Hall–Kier alpha value is -0.740. The average Bonchev–Trinajstić information content (AvgIpc) is 2.34. The number of aliphatic hydroxyl groups excluding tert-OH is 1. The number of nitrogens with one attached hydrogen (secondary N) is 1. The van der Waals surface area contributed by atoms with Gasteiger partial charge in [0.05, 0.1) is 0 Å². The van der Waals surface area contributed by atoms with Crippen LogP contribution < -0.4 is 5.53 Å². The summed E-state index contributed by atoms with van der Waals surface area (Å²) in [5.41, 5.74) is 2.95. The van der Waals surface area contributed by atoms with Crippen LogP contribution in [0.3, 0.4) is 0 Å². The van der Waals surface area contributed by atoms with Crippen molar-refractivity contribution < 1.29 is 5.11 Å². The first-order valence-corrected chi connectivity index (χ1v) is 3.34. The van der Waals surface area contributed by atoms with Crippen molar-refractivity contribution >= 4 is 0 Å². The maximum atomic E-state index is 8.65. The molecule has 0 saturated carbocycles. The molecular formula is C6H13N3O. The summed E-state index contributed by atoms with van der Waals surface area (Å²) < 4.78 is 0. The average molecular weight is 143 g/mol. The van der Waals surface area contributed by atoms with Crippen LogP contribution in [-0.4, -0.2) is 27.9 Å². The van der Waals surface area contributed by atoms with Gasteiger partial charge in [-0.05, 0) is 13.8 Å². The summed E-state index contributed by atoms with van der Waals surface area (Å²) in [5.74, 6) is 0. The smallest absolute Gasteiger partial charge is 0.131 e. The van der Waals surface area contributed by atoms with Crippen molar-refractivity contribution in [2.24, 2.45) is 0 Å². The van der Waals surface area contributed by atoms with Crippen LogP contribution >= 0.6 is 0 Å². The Labute approximate surface area is 60.7 Å². The molecule has 2 N–H and O–H groups in total. The van der Waals surface area contributed by atoms with Crippen LogP contribution in [0.1, 0.15) is 13.8 Å². The van der Waals surface area contributed by atoms with Gasteiger partial charge in [-0.1, -0.05) is 0 Å². The third kappa shape index (κ3) is 1.40. The molecule has 0 aromatic carbocycles. The molecule has 1 aliphatic heterocycles. The standard InChI is InChI=1S/C6H13N3O/c1-6(2)9-4-3-8(5-10)7-9/h3-4,6-7,10H,5H2,1-2H3. The van der Waals surface area contributed by atoms with Crippen molar-refractivity contribution in [3.05, 3.63) is 12.4 Å². The first-order valence-electron chi connectivity index (χ1n) is 3.34. The molecule has 0 amide bonds. The molecule has 4 nitrogen and oxygen atoms in total. The molecule has 10 heavy (non-hydrogen) atoms. The lowest BCUT2D eigenvalue weighted by Gasteiger charge is -2.23. The molecule has 0 atom stereocenters. The second-order valence-corrected chi connectivity index (χ2v) is 2.51. The fourth-order valence-electron chi connectivity index (χ4n) is 0.734. The fraction of sp³-hybridized carbons (Fsp3) is 0.667. The van der Waals surface area contributed by atoms with E-state index < -0.39 is 0 Å². The molecule has 0 unspecified atom stereocenters. The molecule has 1 heterocycles. The van der Waals surface area contributed by atoms with Crippen LogP contribution in [0.15, 0.2) is 12.4 Å². The molecule has 1 rings (SSSR count). The molecule has 0 radical (unpaired) electrons. The van der Waals surface area contributed by atoms with E-state index in [0.717, 1.165) is 0 Å². The summed E-state index contributed by atoms with van der Waals surface area (Å²) >= 11 is 0. The molecule has 58 valence electrons. The Morgan fingerprint density at radius 3 is 2.50 bits per heavy atom. The molecule has 0 aromatic rings. The zero-order valence-corrected chi connectivity index (χ0v) is 6.28. The second-order valence-electron chi connectivity index (χ2n) is 2.51. The molecular weight excluding hydrogens is 130 g/mol. The van der Waals surface area contributed by atoms with Crippen molar-refractivity contribution in [3.63, 3.8) is 0 Å². The maximum absolute atomic E-state index is 8.65. The molecule has 0 aliphatic carbocycles. The summed E-state index contributed by atoms with van der Waals surface area (Å²) in [4.78, 5) is 0. The van der Waals surface area contributed by atoms with E-state index in [2.05, 4.69) is 19.4 Å². The van der Waals surface area contributed by atoms with Gasteiger partial charge in [0.1, 0.15) is 6.73 Å². The zero-order valence-electron chi connectivity index (χ0n) is 6.28. The van der Waals surface area contributed by atoms with Gasteiger partial charge in [-0.25, -0.2) is 0 Å². The van der Waals surface area contributed by atoms with Crippen LogP contribution in [0.2, 0.25) is 0 Å². The molecule has 4 heteroatoms. The normalized spacial score (nSPS) is 17.6. The fourth-order valence-corrected chi connectivity index (χ4v) is 0.734. The van der Waals surface area contributed by atoms with Crippen LogP contribution in [0, 0.1) is 0 Å². The van der Waals surface area contributed by atoms with Crippen molar-refractivity contribution in [1.82, 2.24) is 15.6 Å². The van der Waals surface area contributed by atoms with Gasteiger partial charge in [0.15, 0.2) is 0 Å². The summed E-state index contributed by atoms with van der Waals surface area (Å²) in [5, 5.41) is 12.2. The third-order valence-corrected chi connectivity index (χ3v) is 1.36. The van der Waals surface area contributed by atoms with E-state index in [1.54, 1.807) is 11.2 Å². The van der Waals surface area contributed by atoms with E-state index in [0.29, 0.717) is 6.04 Å². The molecule has 0 spiro atoms.